The van der Waals surface area contributed by atoms with Gasteiger partial charge in [0.2, 0.25) is 5.91 Å². The third-order valence-corrected chi connectivity index (χ3v) is 3.80. The predicted octanol–water partition coefficient (Wildman–Crippen LogP) is 1.64. The summed E-state index contributed by atoms with van der Waals surface area (Å²) >= 11 is 0. The van der Waals surface area contributed by atoms with E-state index in [0.29, 0.717) is 6.54 Å². The van der Waals surface area contributed by atoms with E-state index in [-0.39, 0.29) is 24.0 Å². The first-order chi connectivity index (χ1) is 10.6. The van der Waals surface area contributed by atoms with Crippen LogP contribution in [-0.2, 0) is 14.3 Å². The Kier molecular flexibility index (Phi) is 5.49. The van der Waals surface area contributed by atoms with Crippen molar-refractivity contribution in [2.24, 2.45) is 0 Å². The summed E-state index contributed by atoms with van der Waals surface area (Å²) in [7, 11) is 1.56. The fourth-order valence-electron chi connectivity index (χ4n) is 2.51. The Morgan fingerprint density at radius 1 is 1.45 bits per heavy atom. The number of unbranched alkanes of at least 4 members (excludes halogenated alkanes) is 1. The number of benzene rings is 1. The molecule has 2 atom stereocenters. The molecule has 0 radical (unpaired) electrons. The van der Waals surface area contributed by atoms with Crippen LogP contribution >= 0.6 is 0 Å². The highest BCUT2D eigenvalue weighted by molar-refractivity contribution is 5.86. The second-order valence-electron chi connectivity index (χ2n) is 5.35. The van der Waals surface area contributed by atoms with Crippen molar-refractivity contribution < 1.29 is 18.7 Å². The molecule has 0 spiro atoms. The minimum atomic E-state index is -0.906. The average Bonchev–Trinajstić information content (AvgIpc) is 2.51. The molecule has 0 unspecified atom stereocenters. The van der Waals surface area contributed by atoms with Crippen molar-refractivity contribution in [3.63, 3.8) is 0 Å². The summed E-state index contributed by atoms with van der Waals surface area (Å²) < 4.78 is 19.5. The van der Waals surface area contributed by atoms with Gasteiger partial charge in [-0.15, -0.1) is 0 Å². The summed E-state index contributed by atoms with van der Waals surface area (Å²) in [6.07, 6.45) is 0.912. The van der Waals surface area contributed by atoms with Gasteiger partial charge in [0.1, 0.15) is 12.4 Å². The van der Waals surface area contributed by atoms with E-state index in [2.05, 4.69) is 5.32 Å². The third-order valence-electron chi connectivity index (χ3n) is 3.80. The molecular weight excluding hydrogens is 287 g/mol. The molecule has 2 amide bonds. The van der Waals surface area contributed by atoms with Gasteiger partial charge in [-0.2, -0.15) is 0 Å². The number of halogens is 1. The molecule has 0 aliphatic carbocycles. The van der Waals surface area contributed by atoms with E-state index in [9.17, 15) is 14.0 Å². The third kappa shape index (κ3) is 3.44. The standard InChI is InChI=1S/C16H21FN2O3/c1-3-4-9-18-16(21)15-14(19(2)13(20)10-22-15)11-7-5-6-8-12(11)17/h5-8,14-15H,3-4,9-10H2,1-2H3,(H,18,21)/t14-,15-/m0/s1. The summed E-state index contributed by atoms with van der Waals surface area (Å²) in [6.45, 7) is 2.39. The second-order valence-corrected chi connectivity index (χ2v) is 5.35. The Morgan fingerprint density at radius 3 is 2.86 bits per heavy atom. The molecule has 1 aliphatic heterocycles. The van der Waals surface area contributed by atoms with Crippen molar-refractivity contribution in [1.29, 1.82) is 0 Å². The Morgan fingerprint density at radius 2 is 2.18 bits per heavy atom. The van der Waals surface area contributed by atoms with E-state index in [1.807, 2.05) is 6.92 Å². The molecule has 1 fully saturated rings. The molecule has 5 nitrogen and oxygen atoms in total. The van der Waals surface area contributed by atoms with Crippen molar-refractivity contribution in [2.75, 3.05) is 20.2 Å². The summed E-state index contributed by atoms with van der Waals surface area (Å²) in [5.41, 5.74) is 0.286. The fourth-order valence-corrected chi connectivity index (χ4v) is 2.51. The van der Waals surface area contributed by atoms with Crippen molar-refractivity contribution in [3.8, 4) is 0 Å². The maximum absolute atomic E-state index is 14.1. The molecule has 2 rings (SSSR count). The lowest BCUT2D eigenvalue weighted by Crippen LogP contribution is -2.53. The number of likely N-dealkylation sites (N-methyl/N-ethyl adjacent to an activating group) is 1. The molecule has 1 aromatic carbocycles. The van der Waals surface area contributed by atoms with Gasteiger partial charge < -0.3 is 15.0 Å². The maximum Gasteiger partial charge on any atom is 0.251 e. The van der Waals surface area contributed by atoms with E-state index in [0.717, 1.165) is 12.8 Å². The van der Waals surface area contributed by atoms with Crippen LogP contribution in [0.2, 0.25) is 0 Å². The first-order valence-electron chi connectivity index (χ1n) is 7.45. The summed E-state index contributed by atoms with van der Waals surface area (Å²) in [5, 5.41) is 2.78. The Balaban J connectivity index is 2.25. The quantitative estimate of drug-likeness (QED) is 0.841. The van der Waals surface area contributed by atoms with Gasteiger partial charge in [0, 0.05) is 19.2 Å². The molecule has 0 bridgehead atoms. The van der Waals surface area contributed by atoms with Gasteiger partial charge in [-0.1, -0.05) is 31.5 Å². The molecule has 1 heterocycles. The van der Waals surface area contributed by atoms with Crippen LogP contribution in [0.1, 0.15) is 31.4 Å². The zero-order valence-corrected chi connectivity index (χ0v) is 12.8. The Hall–Kier alpha value is -1.95. The summed E-state index contributed by atoms with van der Waals surface area (Å²) in [4.78, 5) is 25.6. The summed E-state index contributed by atoms with van der Waals surface area (Å²) in [5.74, 6) is -1.05. The highest BCUT2D eigenvalue weighted by Gasteiger charge is 2.40. The molecule has 0 saturated carbocycles. The Bertz CT molecular complexity index is 550. The van der Waals surface area contributed by atoms with Gasteiger partial charge in [-0.25, -0.2) is 4.39 Å². The van der Waals surface area contributed by atoms with Crippen LogP contribution in [-0.4, -0.2) is 43.0 Å². The van der Waals surface area contributed by atoms with Crippen LogP contribution in [0.15, 0.2) is 24.3 Å². The van der Waals surface area contributed by atoms with Crippen molar-refractivity contribution in [2.45, 2.75) is 31.9 Å². The van der Waals surface area contributed by atoms with Gasteiger partial charge in [0.15, 0.2) is 6.10 Å². The monoisotopic (exact) mass is 308 g/mol. The molecule has 1 aliphatic rings. The van der Waals surface area contributed by atoms with E-state index < -0.39 is 18.0 Å². The van der Waals surface area contributed by atoms with Crippen LogP contribution < -0.4 is 5.32 Å². The number of ether oxygens (including phenoxy) is 1. The first kappa shape index (κ1) is 16.4. The van der Waals surface area contributed by atoms with Gasteiger partial charge in [-0.3, -0.25) is 9.59 Å². The lowest BCUT2D eigenvalue weighted by Gasteiger charge is -2.38. The number of hydrogen-bond acceptors (Lipinski definition) is 3. The molecule has 1 saturated heterocycles. The van der Waals surface area contributed by atoms with E-state index in [1.165, 1.54) is 11.0 Å². The molecule has 0 aromatic heterocycles. The topological polar surface area (TPSA) is 58.6 Å². The van der Waals surface area contributed by atoms with Crippen molar-refractivity contribution >= 4 is 11.8 Å². The van der Waals surface area contributed by atoms with Gasteiger partial charge in [0.05, 0.1) is 6.04 Å². The minimum absolute atomic E-state index is 0.173. The second kappa shape index (κ2) is 7.35. The molecule has 6 heteroatoms. The number of carbonyl (C=O) groups excluding carboxylic acids is 2. The van der Waals surface area contributed by atoms with Gasteiger partial charge in [0.25, 0.3) is 5.91 Å². The number of nitrogens with zero attached hydrogens (tertiary/aromatic N) is 1. The molecule has 120 valence electrons. The van der Waals surface area contributed by atoms with Crippen LogP contribution in [0.4, 0.5) is 4.39 Å². The summed E-state index contributed by atoms with van der Waals surface area (Å²) in [6, 6.07) is 5.38. The molecular formula is C16H21FN2O3. The average molecular weight is 308 g/mol. The number of hydrogen-bond donors (Lipinski definition) is 1. The molecule has 1 N–H and O–H groups in total. The van der Waals surface area contributed by atoms with Crippen LogP contribution in [0.3, 0.4) is 0 Å². The number of nitrogens with one attached hydrogen (secondary N) is 1. The van der Waals surface area contributed by atoms with Gasteiger partial charge >= 0.3 is 0 Å². The number of rotatable bonds is 5. The maximum atomic E-state index is 14.1. The van der Waals surface area contributed by atoms with E-state index in [1.54, 1.807) is 25.2 Å². The number of amides is 2. The predicted molar refractivity (Wildman–Crippen MR) is 79.6 cm³/mol. The fraction of sp³-hybridized carbons (Fsp3) is 0.500. The number of morpholine rings is 1. The zero-order valence-electron chi connectivity index (χ0n) is 12.8. The SMILES string of the molecule is CCCCNC(=O)[C@H]1OCC(=O)N(C)[C@H]1c1ccccc1F. The first-order valence-corrected chi connectivity index (χ1v) is 7.45. The highest BCUT2D eigenvalue weighted by Crippen LogP contribution is 2.30. The van der Waals surface area contributed by atoms with E-state index >= 15 is 0 Å². The normalized spacial score (nSPS) is 21.8. The van der Waals surface area contributed by atoms with Crippen molar-refractivity contribution in [1.82, 2.24) is 10.2 Å². The molecule has 1 aromatic rings. The lowest BCUT2D eigenvalue weighted by atomic mass is 9.97. The largest absolute Gasteiger partial charge is 0.356 e. The van der Waals surface area contributed by atoms with Crippen LogP contribution in [0.5, 0.6) is 0 Å². The van der Waals surface area contributed by atoms with Crippen LogP contribution in [0.25, 0.3) is 0 Å². The number of carbonyl (C=O) groups is 2. The van der Waals surface area contributed by atoms with Crippen LogP contribution in [0, 0.1) is 5.82 Å². The zero-order chi connectivity index (χ0) is 16.1. The van der Waals surface area contributed by atoms with Gasteiger partial charge in [-0.05, 0) is 12.5 Å². The Labute approximate surface area is 129 Å². The van der Waals surface area contributed by atoms with E-state index in [4.69, 9.17) is 4.74 Å². The minimum Gasteiger partial charge on any atom is -0.356 e. The highest BCUT2D eigenvalue weighted by atomic mass is 19.1. The van der Waals surface area contributed by atoms with Crippen molar-refractivity contribution in [3.05, 3.63) is 35.6 Å². The lowest BCUT2D eigenvalue weighted by molar-refractivity contribution is -0.162. The molecule has 22 heavy (non-hydrogen) atoms. The smallest absolute Gasteiger partial charge is 0.251 e.